The number of amides is 1. The van der Waals surface area contributed by atoms with Crippen LogP contribution in [0.1, 0.15) is 29.2 Å². The van der Waals surface area contributed by atoms with Crippen molar-refractivity contribution in [3.63, 3.8) is 0 Å². The van der Waals surface area contributed by atoms with Crippen molar-refractivity contribution in [2.45, 2.75) is 32.5 Å². The molecule has 0 aliphatic heterocycles. The molecule has 156 valence electrons. The van der Waals surface area contributed by atoms with E-state index in [1.807, 2.05) is 12.1 Å². The molecule has 3 rings (SSSR count). The van der Waals surface area contributed by atoms with Crippen LogP contribution in [-0.2, 0) is 24.4 Å². The van der Waals surface area contributed by atoms with Gasteiger partial charge in [-0.3, -0.25) is 4.79 Å². The maximum atomic E-state index is 14.2. The molecule has 3 aromatic rings. The molecule has 1 amide bonds. The Hall–Kier alpha value is -3.25. The van der Waals surface area contributed by atoms with E-state index in [0.29, 0.717) is 29.8 Å². The Morgan fingerprint density at radius 1 is 0.967 bits per heavy atom. The van der Waals surface area contributed by atoms with Gasteiger partial charge in [0.1, 0.15) is 24.0 Å². The van der Waals surface area contributed by atoms with Crippen LogP contribution in [0.15, 0.2) is 66.7 Å². The number of carbonyl (C=O) groups excluding carboxylic acids is 1. The highest BCUT2D eigenvalue weighted by molar-refractivity contribution is 5.79. The van der Waals surface area contributed by atoms with Gasteiger partial charge in [-0.15, -0.1) is 0 Å². The Balaban J connectivity index is 1.83. The Morgan fingerprint density at radius 2 is 1.60 bits per heavy atom. The van der Waals surface area contributed by atoms with Crippen molar-refractivity contribution in [1.29, 1.82) is 0 Å². The highest BCUT2D eigenvalue weighted by Crippen LogP contribution is 2.26. The van der Waals surface area contributed by atoms with Gasteiger partial charge >= 0.3 is 0 Å². The molecule has 0 aromatic heterocycles. The summed E-state index contributed by atoms with van der Waals surface area (Å²) in [5.41, 5.74) is 7.92. The molecule has 0 bridgehead atoms. The van der Waals surface area contributed by atoms with E-state index < -0.39 is 11.9 Å². The second-order valence-corrected chi connectivity index (χ2v) is 7.10. The van der Waals surface area contributed by atoms with Gasteiger partial charge in [0.2, 0.25) is 5.91 Å². The van der Waals surface area contributed by atoms with Gasteiger partial charge in [0.05, 0.1) is 6.04 Å². The van der Waals surface area contributed by atoms with Gasteiger partial charge in [0.15, 0.2) is 0 Å². The highest BCUT2D eigenvalue weighted by Gasteiger charge is 2.12. The van der Waals surface area contributed by atoms with E-state index in [1.165, 1.54) is 12.1 Å². The van der Waals surface area contributed by atoms with Crippen LogP contribution < -0.4 is 15.8 Å². The first-order valence-electron chi connectivity index (χ1n) is 9.68. The van der Waals surface area contributed by atoms with Crippen LogP contribution >= 0.6 is 0 Å². The summed E-state index contributed by atoms with van der Waals surface area (Å²) in [7, 11) is 0. The Labute approximate surface area is 174 Å². The van der Waals surface area contributed by atoms with Gasteiger partial charge in [-0.25, -0.2) is 8.78 Å². The van der Waals surface area contributed by atoms with Gasteiger partial charge < -0.3 is 15.8 Å². The summed E-state index contributed by atoms with van der Waals surface area (Å²) in [4.78, 5) is 11.2. The number of hydrogen-bond donors (Lipinski definition) is 2. The molecule has 4 nitrogen and oxygen atoms in total. The van der Waals surface area contributed by atoms with Gasteiger partial charge in [0, 0.05) is 18.5 Å². The van der Waals surface area contributed by atoms with Gasteiger partial charge in [-0.2, -0.15) is 0 Å². The predicted molar refractivity (Wildman–Crippen MR) is 112 cm³/mol. The molecule has 0 fully saturated rings. The number of ether oxygens (including phenoxy) is 1. The minimum Gasteiger partial charge on any atom is -0.489 e. The molecule has 3 N–H and O–H groups in total. The summed E-state index contributed by atoms with van der Waals surface area (Å²) in [5, 5.41) is 3.05. The van der Waals surface area contributed by atoms with E-state index in [2.05, 4.69) is 5.32 Å². The summed E-state index contributed by atoms with van der Waals surface area (Å²) in [6.45, 7) is 2.17. The van der Waals surface area contributed by atoms with Crippen molar-refractivity contribution < 1.29 is 18.3 Å². The van der Waals surface area contributed by atoms with Crippen LogP contribution in [0.25, 0.3) is 0 Å². The molecule has 6 heteroatoms. The monoisotopic (exact) mass is 410 g/mol. The molecule has 0 aliphatic carbocycles. The van der Waals surface area contributed by atoms with Crippen LogP contribution in [0.2, 0.25) is 0 Å². The van der Waals surface area contributed by atoms with E-state index in [0.717, 1.165) is 11.1 Å². The molecule has 30 heavy (non-hydrogen) atoms. The quantitative estimate of drug-likeness (QED) is 0.558. The van der Waals surface area contributed by atoms with Crippen LogP contribution in [0.5, 0.6) is 5.75 Å². The number of hydrogen-bond acceptors (Lipinski definition) is 3. The molecule has 1 atom stereocenters. The second-order valence-electron chi connectivity index (χ2n) is 7.10. The van der Waals surface area contributed by atoms with Crippen LogP contribution in [0, 0.1) is 11.6 Å². The molecule has 0 unspecified atom stereocenters. The minimum atomic E-state index is -0.475. The summed E-state index contributed by atoms with van der Waals surface area (Å²) in [5.74, 6) is -0.530. The fourth-order valence-corrected chi connectivity index (χ4v) is 3.01. The lowest BCUT2D eigenvalue weighted by Crippen LogP contribution is -2.38. The normalized spacial score (nSPS) is 11.8. The largest absolute Gasteiger partial charge is 0.489 e. The van der Waals surface area contributed by atoms with Crippen LogP contribution in [0.4, 0.5) is 8.78 Å². The van der Waals surface area contributed by atoms with E-state index in [9.17, 15) is 13.6 Å². The lowest BCUT2D eigenvalue weighted by molar-refractivity contribution is -0.119. The molecule has 0 saturated heterocycles. The molecule has 0 spiro atoms. The van der Waals surface area contributed by atoms with E-state index in [4.69, 9.17) is 10.5 Å². The Morgan fingerprint density at radius 3 is 2.23 bits per heavy atom. The van der Waals surface area contributed by atoms with Gasteiger partial charge in [0.25, 0.3) is 0 Å². The highest BCUT2D eigenvalue weighted by atomic mass is 19.1. The number of carbonyl (C=O) groups is 1. The molecule has 0 aliphatic rings. The molecular weight excluding hydrogens is 386 g/mol. The molecule has 0 saturated carbocycles. The number of halogens is 2. The first kappa shape index (κ1) is 21.5. The van der Waals surface area contributed by atoms with Crippen molar-refractivity contribution in [3.8, 4) is 5.75 Å². The molecule has 3 aromatic carbocycles. The standard InChI is InChI=1S/C24H24F2N2O2/c1-16(24(27)29)28-14-17-10-11-23(30-15-19-7-3-5-9-22(19)26)20(12-17)13-18-6-2-4-8-21(18)25/h2-12,16,28H,13-15H2,1H3,(H2,27,29)/t16-/m0/s1. The third kappa shape index (κ3) is 5.64. The summed E-state index contributed by atoms with van der Waals surface area (Å²) >= 11 is 0. The number of benzene rings is 3. The number of rotatable bonds is 9. The fraction of sp³-hybridized carbons (Fsp3) is 0.208. The molecule has 0 radical (unpaired) electrons. The minimum absolute atomic E-state index is 0.0627. The van der Waals surface area contributed by atoms with Crippen molar-refractivity contribution in [2.75, 3.05) is 0 Å². The predicted octanol–water partition coefficient (Wildman–Crippen LogP) is 4.10. The second kappa shape index (κ2) is 9.98. The van der Waals surface area contributed by atoms with E-state index in [1.54, 1.807) is 49.4 Å². The zero-order chi connectivity index (χ0) is 21.5. The Kier molecular flexibility index (Phi) is 7.14. The smallest absolute Gasteiger partial charge is 0.234 e. The zero-order valence-corrected chi connectivity index (χ0v) is 16.7. The van der Waals surface area contributed by atoms with Crippen LogP contribution in [0.3, 0.4) is 0 Å². The van der Waals surface area contributed by atoms with Crippen molar-refractivity contribution >= 4 is 5.91 Å². The summed E-state index contributed by atoms with van der Waals surface area (Å²) in [6.07, 6.45) is 0.318. The third-order valence-electron chi connectivity index (χ3n) is 4.84. The number of nitrogens with one attached hydrogen (secondary N) is 1. The summed E-state index contributed by atoms with van der Waals surface area (Å²) in [6, 6.07) is 18.0. The third-order valence-corrected chi connectivity index (χ3v) is 4.84. The maximum absolute atomic E-state index is 14.2. The van der Waals surface area contributed by atoms with E-state index >= 15 is 0 Å². The average Bonchev–Trinajstić information content (AvgIpc) is 2.74. The average molecular weight is 410 g/mol. The maximum Gasteiger partial charge on any atom is 0.234 e. The van der Waals surface area contributed by atoms with Crippen molar-refractivity contribution in [1.82, 2.24) is 5.32 Å². The van der Waals surface area contributed by atoms with E-state index in [-0.39, 0.29) is 18.2 Å². The van der Waals surface area contributed by atoms with Crippen molar-refractivity contribution in [3.05, 3.63) is 101 Å². The summed E-state index contributed by atoms with van der Waals surface area (Å²) < 4.78 is 34.0. The fourth-order valence-electron chi connectivity index (χ4n) is 3.01. The number of primary amides is 1. The molecule has 0 heterocycles. The van der Waals surface area contributed by atoms with Crippen LogP contribution in [-0.4, -0.2) is 11.9 Å². The Bertz CT molecular complexity index is 1020. The first-order valence-corrected chi connectivity index (χ1v) is 9.68. The number of nitrogens with two attached hydrogens (primary N) is 1. The lowest BCUT2D eigenvalue weighted by atomic mass is 10.0. The van der Waals surface area contributed by atoms with Crippen molar-refractivity contribution in [2.24, 2.45) is 5.73 Å². The lowest BCUT2D eigenvalue weighted by Gasteiger charge is -2.16. The topological polar surface area (TPSA) is 64.3 Å². The van der Waals surface area contributed by atoms with Gasteiger partial charge in [-0.05, 0) is 41.8 Å². The zero-order valence-electron chi connectivity index (χ0n) is 16.7. The van der Waals surface area contributed by atoms with Gasteiger partial charge in [-0.1, -0.05) is 48.5 Å². The first-order chi connectivity index (χ1) is 14.4. The molecular formula is C24H24F2N2O2. The SMILES string of the molecule is C[C@H](NCc1ccc(OCc2ccccc2F)c(Cc2ccccc2F)c1)C(N)=O.